The number of carbonyl (C=O) groups is 2. The van der Waals surface area contributed by atoms with Gasteiger partial charge in [0.2, 0.25) is 0 Å². The topological polar surface area (TPSA) is 138 Å². The minimum Gasteiger partial charge on any atom is -0.305 e. The van der Waals surface area contributed by atoms with Crippen LogP contribution in [0.4, 0.5) is 22.7 Å². The Hall–Kier alpha value is -4.26. The van der Waals surface area contributed by atoms with E-state index in [4.69, 9.17) is 0 Å². The number of anilines is 2. The van der Waals surface area contributed by atoms with Gasteiger partial charge < -0.3 is 9.80 Å². The fraction of sp³-hybridized carbons (Fsp3) is 0.758. The van der Waals surface area contributed by atoms with Crippen LogP contribution in [-0.2, 0) is 9.59 Å². The SMILES string of the molecule is CCCCCCCCCCCCC(CCCCCCCCCCCC)N1C(=O)/C(=C2/C(=O)N(C(CCCCCCCCCCCC)CCCCCCCCCCCC)c3cc(N=[N+]=[N-])ccc32)c2ccc(N=[N+]=[N-])cc21. The Morgan fingerprint density at radius 2 is 0.579 bits per heavy atom. The molecule has 2 aromatic rings. The van der Waals surface area contributed by atoms with Crippen LogP contribution in [0.15, 0.2) is 46.6 Å². The van der Waals surface area contributed by atoms with E-state index in [-0.39, 0.29) is 23.9 Å². The quantitative estimate of drug-likeness (QED) is 0.0214. The summed E-state index contributed by atoms with van der Waals surface area (Å²) in [6, 6.07) is 11.1. The lowest BCUT2D eigenvalue weighted by atomic mass is 9.96. The van der Waals surface area contributed by atoms with Crippen LogP contribution >= 0.6 is 0 Å². The largest absolute Gasteiger partial charge is 0.305 e. The first kappa shape index (κ1) is 64.3. The van der Waals surface area contributed by atoms with E-state index in [1.807, 2.05) is 34.1 Å². The van der Waals surface area contributed by atoms with Crippen molar-refractivity contribution in [2.24, 2.45) is 10.2 Å². The van der Waals surface area contributed by atoms with Crippen molar-refractivity contribution in [2.45, 2.75) is 322 Å². The number of nitrogens with zero attached hydrogens (tertiary/aromatic N) is 8. The predicted octanol–water partition coefficient (Wildman–Crippen LogP) is 23.2. The number of hydrogen-bond acceptors (Lipinski definition) is 4. The van der Waals surface area contributed by atoms with Gasteiger partial charge in [-0.3, -0.25) is 9.59 Å². The van der Waals surface area contributed by atoms with Crippen LogP contribution in [0.2, 0.25) is 0 Å². The standard InChI is InChI=1S/C66H108N8O2/c1-5-9-13-17-21-25-29-33-37-41-45-57(46-42-38-34-30-26-22-18-14-10-6-2)73-61-53-55(69-71-67)49-51-59(61)63(65(73)75)64-60-52-50-56(70-72-68)54-62(60)74(66(64)76)58(47-43-39-35-31-27-23-19-15-11-7-3)48-44-40-36-32-28-24-20-16-12-8-4/h49-54,57-58H,5-48H2,1-4H3/b64-63+. The highest BCUT2D eigenvalue weighted by Gasteiger charge is 2.45. The molecule has 0 saturated carbocycles. The lowest BCUT2D eigenvalue weighted by Crippen LogP contribution is -2.39. The Morgan fingerprint density at radius 3 is 0.803 bits per heavy atom. The van der Waals surface area contributed by atoms with Gasteiger partial charge in [0.1, 0.15) is 0 Å². The van der Waals surface area contributed by atoms with Crippen LogP contribution < -0.4 is 9.80 Å². The van der Waals surface area contributed by atoms with Crippen LogP contribution in [0.5, 0.6) is 0 Å². The maximum Gasteiger partial charge on any atom is 0.260 e. The van der Waals surface area contributed by atoms with Gasteiger partial charge in [-0.05, 0) is 48.9 Å². The third-order valence-electron chi connectivity index (χ3n) is 16.7. The minimum atomic E-state index is -0.131. The maximum atomic E-state index is 15.7. The molecule has 0 N–H and O–H groups in total. The number of carbonyl (C=O) groups excluding carboxylic acids is 2. The zero-order chi connectivity index (χ0) is 54.3. The van der Waals surface area contributed by atoms with Crippen LogP contribution in [0.1, 0.15) is 321 Å². The van der Waals surface area contributed by atoms with Crippen LogP contribution in [0.3, 0.4) is 0 Å². The molecule has 0 bridgehead atoms. The van der Waals surface area contributed by atoms with Crippen molar-refractivity contribution >= 4 is 45.7 Å². The average molecular weight is 1050 g/mol. The molecule has 0 fully saturated rings. The van der Waals surface area contributed by atoms with Gasteiger partial charge in [0, 0.05) is 44.4 Å². The van der Waals surface area contributed by atoms with E-state index in [0.29, 0.717) is 22.5 Å². The molecule has 10 heteroatoms. The average Bonchev–Trinajstić information content (AvgIpc) is 3.92. The molecule has 2 aliphatic heterocycles. The van der Waals surface area contributed by atoms with Crippen molar-refractivity contribution in [2.75, 3.05) is 9.80 Å². The molecule has 0 aromatic heterocycles. The number of unbranched alkanes of at least 4 members (excludes halogenated alkanes) is 36. The smallest absolute Gasteiger partial charge is 0.260 e. The van der Waals surface area contributed by atoms with Gasteiger partial charge in [0.15, 0.2) is 0 Å². The molecule has 0 saturated heterocycles. The Labute approximate surface area is 464 Å². The Kier molecular flexibility index (Phi) is 34.6. The van der Waals surface area contributed by atoms with Crippen molar-refractivity contribution in [1.29, 1.82) is 0 Å². The second-order valence-electron chi connectivity index (χ2n) is 23.1. The number of fused-ring (bicyclic) bond motifs is 2. The predicted molar refractivity (Wildman–Crippen MR) is 326 cm³/mol. The third-order valence-corrected chi connectivity index (χ3v) is 16.7. The summed E-state index contributed by atoms with van der Waals surface area (Å²) in [6.07, 6.45) is 53.7. The van der Waals surface area contributed by atoms with E-state index in [1.54, 1.807) is 12.1 Å². The normalized spacial score (nSPS) is 14.1. The Bertz CT molecular complexity index is 1860. The third kappa shape index (κ3) is 23.0. The van der Waals surface area contributed by atoms with Crippen LogP contribution in [0, 0.1) is 0 Å². The van der Waals surface area contributed by atoms with Gasteiger partial charge in [0.25, 0.3) is 11.8 Å². The summed E-state index contributed by atoms with van der Waals surface area (Å²) in [5.74, 6) is -0.262. The second kappa shape index (κ2) is 40.9. The highest BCUT2D eigenvalue weighted by atomic mass is 16.2. The summed E-state index contributed by atoms with van der Waals surface area (Å²) in [7, 11) is 0. The lowest BCUT2D eigenvalue weighted by Gasteiger charge is -2.29. The van der Waals surface area contributed by atoms with Crippen molar-refractivity contribution in [3.8, 4) is 0 Å². The molecule has 2 heterocycles. The van der Waals surface area contributed by atoms with Gasteiger partial charge in [-0.15, -0.1) is 0 Å². The summed E-state index contributed by atoms with van der Waals surface area (Å²) in [4.78, 5) is 41.7. The molecule has 0 atom stereocenters. The van der Waals surface area contributed by atoms with E-state index >= 15 is 9.59 Å². The zero-order valence-electron chi connectivity index (χ0n) is 49.1. The number of rotatable bonds is 48. The summed E-state index contributed by atoms with van der Waals surface area (Å²) in [6.45, 7) is 9.09. The van der Waals surface area contributed by atoms with E-state index < -0.39 is 0 Å². The molecule has 2 amide bonds. The molecule has 0 radical (unpaired) electrons. The summed E-state index contributed by atoms with van der Waals surface area (Å²) in [5, 5.41) is 8.08. The van der Waals surface area contributed by atoms with Gasteiger partial charge >= 0.3 is 0 Å². The number of azide groups is 2. The molecular formula is C66H108N8O2. The number of hydrogen-bond donors (Lipinski definition) is 0. The molecule has 0 unspecified atom stereocenters. The van der Waals surface area contributed by atoms with Gasteiger partial charge in [-0.25, -0.2) is 0 Å². The highest BCUT2D eigenvalue weighted by molar-refractivity contribution is 6.50. The van der Waals surface area contributed by atoms with Crippen molar-refractivity contribution in [1.82, 2.24) is 0 Å². The van der Waals surface area contributed by atoms with Crippen LogP contribution in [-0.4, -0.2) is 23.9 Å². The van der Waals surface area contributed by atoms with E-state index in [0.717, 1.165) is 99.6 Å². The van der Waals surface area contributed by atoms with Crippen molar-refractivity contribution in [3.63, 3.8) is 0 Å². The van der Waals surface area contributed by atoms with E-state index in [1.165, 1.54) is 205 Å². The first-order valence-corrected chi connectivity index (χ1v) is 32.3. The van der Waals surface area contributed by atoms with E-state index in [9.17, 15) is 11.1 Å². The van der Waals surface area contributed by atoms with Gasteiger partial charge in [-0.2, -0.15) is 0 Å². The molecule has 424 valence electrons. The molecule has 2 aliphatic rings. The fourth-order valence-corrected chi connectivity index (χ4v) is 12.3. The second-order valence-corrected chi connectivity index (χ2v) is 23.1. The Morgan fingerprint density at radius 1 is 0.355 bits per heavy atom. The highest BCUT2D eigenvalue weighted by Crippen LogP contribution is 2.50. The monoisotopic (exact) mass is 1040 g/mol. The summed E-state index contributed by atoms with van der Waals surface area (Å²) in [5.41, 5.74) is 24.0. The molecule has 10 nitrogen and oxygen atoms in total. The molecule has 4 rings (SSSR count). The fourth-order valence-electron chi connectivity index (χ4n) is 12.3. The molecule has 0 aliphatic carbocycles. The van der Waals surface area contributed by atoms with Gasteiger partial charge in [0.05, 0.1) is 22.5 Å². The number of amides is 2. The molecule has 2 aromatic carbocycles. The maximum absolute atomic E-state index is 15.7. The van der Waals surface area contributed by atoms with Crippen molar-refractivity contribution in [3.05, 3.63) is 68.4 Å². The van der Waals surface area contributed by atoms with Gasteiger partial charge in [-0.1, -0.05) is 319 Å². The lowest BCUT2D eigenvalue weighted by molar-refractivity contribution is -0.115. The number of benzene rings is 2. The zero-order valence-corrected chi connectivity index (χ0v) is 49.1. The first-order valence-electron chi connectivity index (χ1n) is 32.3. The minimum absolute atomic E-state index is 0.0476. The first-order chi connectivity index (χ1) is 37.4. The summed E-state index contributed by atoms with van der Waals surface area (Å²) >= 11 is 0. The molecule has 0 spiro atoms. The molecule has 76 heavy (non-hydrogen) atoms. The van der Waals surface area contributed by atoms with Crippen LogP contribution in [0.25, 0.3) is 32.0 Å². The van der Waals surface area contributed by atoms with E-state index in [2.05, 4.69) is 47.7 Å². The summed E-state index contributed by atoms with van der Waals surface area (Å²) < 4.78 is 0. The molecular weight excluding hydrogens is 937 g/mol. The Balaban J connectivity index is 1.65. The van der Waals surface area contributed by atoms with Crippen molar-refractivity contribution < 1.29 is 9.59 Å².